The number of cyclic esters (lactones) is 1. The number of hydrogen-bond donors (Lipinski definition) is 1. The summed E-state index contributed by atoms with van der Waals surface area (Å²) in [5.74, 6) is -1.36. The van der Waals surface area contributed by atoms with E-state index in [4.69, 9.17) is 4.74 Å². The number of benzene rings is 1. The van der Waals surface area contributed by atoms with Crippen molar-refractivity contribution in [2.45, 2.75) is 58.0 Å². The average Bonchev–Trinajstić information content (AvgIpc) is 3.04. The van der Waals surface area contributed by atoms with Crippen LogP contribution in [-0.2, 0) is 16.0 Å². The van der Waals surface area contributed by atoms with Crippen LogP contribution in [0, 0.1) is 11.8 Å². The summed E-state index contributed by atoms with van der Waals surface area (Å²) in [7, 11) is -2.83. The van der Waals surface area contributed by atoms with Crippen molar-refractivity contribution in [3.63, 3.8) is 0 Å². The molecule has 29 heavy (non-hydrogen) atoms. The van der Waals surface area contributed by atoms with Crippen LogP contribution in [0.4, 0.5) is 8.90 Å². The molecular weight excluding hydrogens is 389 g/mol. The molecule has 7 heteroatoms. The second kappa shape index (κ2) is 10.2. The number of amides is 2. The first-order valence-electron chi connectivity index (χ1n) is 10.2. The highest BCUT2D eigenvalue weighted by molar-refractivity contribution is 6.70. The maximum Gasteiger partial charge on any atom is 0.417 e. The summed E-state index contributed by atoms with van der Waals surface area (Å²) in [4.78, 5) is 26.5. The van der Waals surface area contributed by atoms with E-state index in [1.807, 2.05) is 44.2 Å². The number of aliphatic hydroxyl groups excluding tert-OH is 1. The van der Waals surface area contributed by atoms with Crippen molar-refractivity contribution in [1.82, 2.24) is 4.90 Å². The number of aryl methyl sites for hydroxylation is 1. The van der Waals surface area contributed by atoms with Crippen LogP contribution in [0.3, 0.4) is 0 Å². The van der Waals surface area contributed by atoms with Crippen molar-refractivity contribution in [1.29, 1.82) is 0 Å². The number of rotatable bonds is 9. The van der Waals surface area contributed by atoms with Crippen molar-refractivity contribution in [3.8, 4) is 0 Å². The van der Waals surface area contributed by atoms with Gasteiger partial charge in [0.25, 0.3) is 0 Å². The monoisotopic (exact) mass is 421 g/mol. The summed E-state index contributed by atoms with van der Waals surface area (Å²) in [5.41, 5.74) is 1.06. The molecule has 0 bridgehead atoms. The molecule has 0 aromatic heterocycles. The summed E-state index contributed by atoms with van der Waals surface area (Å²) >= 11 is 0. The van der Waals surface area contributed by atoms with E-state index < -0.39 is 32.4 Å². The van der Waals surface area contributed by atoms with Gasteiger partial charge in [0.15, 0.2) is 0 Å². The molecule has 1 heterocycles. The molecule has 0 spiro atoms. The molecule has 1 aliphatic heterocycles. The minimum absolute atomic E-state index is 0.0358. The fourth-order valence-electron chi connectivity index (χ4n) is 3.35. The van der Waals surface area contributed by atoms with E-state index in [2.05, 4.69) is 0 Å². The number of halogens is 1. The maximum absolute atomic E-state index is 14.0. The Labute approximate surface area is 173 Å². The fraction of sp³-hybridized carbons (Fsp3) is 0.545. The minimum atomic E-state index is -2.83. The summed E-state index contributed by atoms with van der Waals surface area (Å²) in [6, 6.07) is 9.58. The smallest absolute Gasteiger partial charge is 0.417 e. The lowest BCUT2D eigenvalue weighted by Crippen LogP contribution is -2.47. The molecule has 0 aliphatic carbocycles. The highest BCUT2D eigenvalue weighted by atomic mass is 28.4. The van der Waals surface area contributed by atoms with Gasteiger partial charge in [-0.3, -0.25) is 4.79 Å². The van der Waals surface area contributed by atoms with Gasteiger partial charge in [0, 0.05) is 0 Å². The molecule has 0 unspecified atom stereocenters. The molecule has 0 radical (unpaired) electrons. The predicted octanol–water partition coefficient (Wildman–Crippen LogP) is 4.33. The standard InChI is InChI=1S/C22H32FNO4Si/c1-16(2)19-15-28-22(27)24(19)21(26)18(11-8-14-29(3,4)23)20(25)13-12-17-9-6-5-7-10-17/h5-11,16,18-20,25H,12-15H2,1-4H3/b11-8+/t18-,19+,20+/m0/s1. The summed E-state index contributed by atoms with van der Waals surface area (Å²) in [6.07, 6.45) is 2.49. The third-order valence-corrected chi connectivity index (χ3v) is 6.34. The SMILES string of the molecule is CC(C)[C@H]1COC(=O)N1C(=O)[C@@H](/C=C/C[Si](C)(C)F)[C@H](O)CCc1ccccc1. The fourth-order valence-corrected chi connectivity index (χ4v) is 4.05. The number of imide groups is 1. The lowest BCUT2D eigenvalue weighted by atomic mass is 9.93. The van der Waals surface area contributed by atoms with Crippen LogP contribution in [0.1, 0.15) is 25.8 Å². The second-order valence-corrected chi connectivity index (χ2v) is 12.4. The van der Waals surface area contributed by atoms with Crippen LogP contribution >= 0.6 is 0 Å². The number of carbonyl (C=O) groups excluding carboxylic acids is 2. The van der Waals surface area contributed by atoms with Crippen molar-refractivity contribution in [3.05, 3.63) is 48.0 Å². The minimum Gasteiger partial charge on any atom is -0.447 e. The molecule has 1 saturated heterocycles. The number of nitrogens with zero attached hydrogens (tertiary/aromatic N) is 1. The van der Waals surface area contributed by atoms with Gasteiger partial charge >= 0.3 is 6.09 Å². The zero-order chi connectivity index (χ0) is 21.6. The van der Waals surface area contributed by atoms with Gasteiger partial charge in [0.2, 0.25) is 14.3 Å². The van der Waals surface area contributed by atoms with Crippen LogP contribution in [0.2, 0.25) is 19.1 Å². The van der Waals surface area contributed by atoms with Crippen molar-refractivity contribution in [2.75, 3.05) is 6.61 Å². The van der Waals surface area contributed by atoms with Gasteiger partial charge in [-0.15, -0.1) is 0 Å². The van der Waals surface area contributed by atoms with Crippen molar-refractivity contribution < 1.29 is 23.5 Å². The molecule has 1 N–H and O–H groups in total. The lowest BCUT2D eigenvalue weighted by molar-refractivity contribution is -0.135. The third kappa shape index (κ3) is 6.78. The Morgan fingerprint density at radius 1 is 1.34 bits per heavy atom. The van der Waals surface area contributed by atoms with Gasteiger partial charge in [0.1, 0.15) is 6.61 Å². The molecule has 1 aliphatic rings. The van der Waals surface area contributed by atoms with E-state index in [1.54, 1.807) is 25.2 Å². The summed E-state index contributed by atoms with van der Waals surface area (Å²) < 4.78 is 19.1. The van der Waals surface area contributed by atoms with Crippen LogP contribution in [0.25, 0.3) is 0 Å². The Balaban J connectivity index is 2.18. The van der Waals surface area contributed by atoms with Gasteiger partial charge in [-0.2, -0.15) is 0 Å². The quantitative estimate of drug-likeness (QED) is 0.366. The van der Waals surface area contributed by atoms with E-state index >= 15 is 0 Å². The Bertz CT molecular complexity index is 717. The van der Waals surface area contributed by atoms with Crippen LogP contribution < -0.4 is 0 Å². The molecular formula is C22H32FNO4Si. The molecule has 1 aromatic carbocycles. The molecule has 2 rings (SSSR count). The first kappa shape index (κ1) is 23.3. The topological polar surface area (TPSA) is 66.8 Å². The molecule has 0 saturated carbocycles. The molecule has 1 aromatic rings. The van der Waals surface area contributed by atoms with Crippen LogP contribution in [0.5, 0.6) is 0 Å². The maximum atomic E-state index is 14.0. The van der Waals surface area contributed by atoms with E-state index in [0.717, 1.165) is 10.5 Å². The Morgan fingerprint density at radius 3 is 2.59 bits per heavy atom. The highest BCUT2D eigenvalue weighted by Gasteiger charge is 2.43. The van der Waals surface area contributed by atoms with E-state index in [1.165, 1.54) is 0 Å². The van der Waals surface area contributed by atoms with Gasteiger partial charge < -0.3 is 14.0 Å². The first-order chi connectivity index (χ1) is 13.6. The zero-order valence-electron chi connectivity index (χ0n) is 17.7. The number of hydrogen-bond acceptors (Lipinski definition) is 4. The van der Waals surface area contributed by atoms with Gasteiger partial charge in [0.05, 0.1) is 18.1 Å². The van der Waals surface area contributed by atoms with Crippen LogP contribution in [-0.4, -0.2) is 49.2 Å². The molecule has 3 atom stereocenters. The number of ether oxygens (including phenoxy) is 1. The molecule has 2 amide bonds. The van der Waals surface area contributed by atoms with Crippen molar-refractivity contribution in [2.24, 2.45) is 11.8 Å². The average molecular weight is 422 g/mol. The normalized spacial score (nSPS) is 19.6. The Morgan fingerprint density at radius 2 is 2.00 bits per heavy atom. The summed E-state index contributed by atoms with van der Waals surface area (Å²) in [5, 5.41) is 10.8. The lowest BCUT2D eigenvalue weighted by Gasteiger charge is -2.28. The van der Waals surface area contributed by atoms with E-state index in [9.17, 15) is 18.8 Å². The van der Waals surface area contributed by atoms with Gasteiger partial charge in [-0.25, -0.2) is 9.69 Å². The zero-order valence-corrected chi connectivity index (χ0v) is 18.7. The number of aliphatic hydroxyl groups is 1. The number of carbonyl (C=O) groups is 2. The second-order valence-electron chi connectivity index (χ2n) is 8.56. The predicted molar refractivity (Wildman–Crippen MR) is 114 cm³/mol. The Hall–Kier alpha value is -1.99. The largest absolute Gasteiger partial charge is 0.447 e. The Kier molecular flexibility index (Phi) is 8.16. The van der Waals surface area contributed by atoms with E-state index in [0.29, 0.717) is 12.8 Å². The highest BCUT2D eigenvalue weighted by Crippen LogP contribution is 2.25. The van der Waals surface area contributed by atoms with Crippen LogP contribution in [0.15, 0.2) is 42.5 Å². The molecule has 160 valence electrons. The van der Waals surface area contributed by atoms with Gasteiger partial charge in [-0.05, 0) is 43.5 Å². The first-order valence-corrected chi connectivity index (χ1v) is 13.3. The molecule has 1 fully saturated rings. The molecule has 5 nitrogen and oxygen atoms in total. The summed E-state index contributed by atoms with van der Waals surface area (Å²) in [6.45, 7) is 7.17. The third-order valence-electron chi connectivity index (χ3n) is 5.13. The number of allylic oxidation sites excluding steroid dienone is 1. The van der Waals surface area contributed by atoms with Gasteiger partial charge in [-0.1, -0.05) is 56.3 Å². The van der Waals surface area contributed by atoms with Crippen molar-refractivity contribution >= 4 is 20.4 Å². The van der Waals surface area contributed by atoms with E-state index in [-0.39, 0.29) is 24.6 Å².